The Labute approximate surface area is 221 Å². The second-order valence-corrected chi connectivity index (χ2v) is 8.27. The van der Waals surface area contributed by atoms with Crippen molar-refractivity contribution in [1.82, 2.24) is 10.2 Å². The number of anilines is 1. The van der Waals surface area contributed by atoms with E-state index in [-0.39, 0.29) is 40.8 Å². The largest absolute Gasteiger partial charge is 0.483 e. The van der Waals surface area contributed by atoms with Gasteiger partial charge in [0, 0.05) is 23.4 Å². The van der Waals surface area contributed by atoms with E-state index in [4.69, 9.17) is 9.15 Å². The van der Waals surface area contributed by atoms with Gasteiger partial charge < -0.3 is 24.5 Å². The highest BCUT2D eigenvalue weighted by atomic mass is 16.6. The number of nitrogens with one attached hydrogen (secondary N) is 2. The smallest absolute Gasteiger partial charge is 0.373 e. The van der Waals surface area contributed by atoms with Gasteiger partial charge in [-0.25, -0.2) is 9.59 Å². The molecule has 0 bridgehead atoms. The van der Waals surface area contributed by atoms with Crippen molar-refractivity contribution in [2.75, 3.05) is 19.0 Å². The number of ether oxygens (including phenoxy) is 2. The number of esters is 1. The number of methoxy groups -OCH3 is 1. The van der Waals surface area contributed by atoms with Crippen molar-refractivity contribution in [1.29, 1.82) is 0 Å². The van der Waals surface area contributed by atoms with Crippen LogP contribution in [-0.2, 0) is 20.9 Å². The summed E-state index contributed by atoms with van der Waals surface area (Å²) in [7, 11) is 1.18. The number of nitro benzene ring substituents is 1. The molecule has 0 radical (unpaired) electrons. The highest BCUT2D eigenvalue weighted by Crippen LogP contribution is 2.28. The van der Waals surface area contributed by atoms with Crippen molar-refractivity contribution >= 4 is 41.3 Å². The maximum absolute atomic E-state index is 13.0. The van der Waals surface area contributed by atoms with Gasteiger partial charge in [-0.15, -0.1) is 0 Å². The minimum absolute atomic E-state index is 0.0716. The molecule has 1 fully saturated rings. The molecule has 0 atom stereocenters. The molecule has 39 heavy (non-hydrogen) atoms. The average molecular weight is 534 g/mol. The molecule has 13 heteroatoms. The lowest BCUT2D eigenvalue weighted by molar-refractivity contribution is -0.384. The van der Waals surface area contributed by atoms with Crippen molar-refractivity contribution in [3.63, 3.8) is 0 Å². The van der Waals surface area contributed by atoms with Gasteiger partial charge in [0.05, 0.1) is 18.6 Å². The molecule has 2 heterocycles. The number of imide groups is 1. The molecule has 1 aliphatic heterocycles. The Morgan fingerprint density at radius 3 is 2.64 bits per heavy atom. The van der Waals surface area contributed by atoms with Crippen molar-refractivity contribution in [3.05, 3.63) is 93.1 Å². The highest BCUT2D eigenvalue weighted by Gasteiger charge is 2.34. The zero-order valence-corrected chi connectivity index (χ0v) is 20.8. The number of aryl methyl sites for hydroxylation is 1. The van der Waals surface area contributed by atoms with Crippen LogP contribution in [0.15, 0.2) is 64.7 Å². The number of amides is 4. The first-order chi connectivity index (χ1) is 18.7. The molecule has 200 valence electrons. The predicted octanol–water partition coefficient (Wildman–Crippen LogP) is 3.39. The van der Waals surface area contributed by atoms with Crippen LogP contribution in [0.3, 0.4) is 0 Å². The van der Waals surface area contributed by atoms with E-state index >= 15 is 0 Å². The van der Waals surface area contributed by atoms with Gasteiger partial charge in [0.2, 0.25) is 5.76 Å². The highest BCUT2D eigenvalue weighted by molar-refractivity contribution is 6.14. The van der Waals surface area contributed by atoms with Gasteiger partial charge in [0.1, 0.15) is 17.2 Å². The van der Waals surface area contributed by atoms with Gasteiger partial charge in [-0.1, -0.05) is 18.2 Å². The Balaban J connectivity index is 1.53. The molecule has 0 unspecified atom stereocenters. The van der Waals surface area contributed by atoms with E-state index in [1.165, 1.54) is 37.5 Å². The van der Waals surface area contributed by atoms with Crippen LogP contribution in [0, 0.1) is 17.0 Å². The van der Waals surface area contributed by atoms with Gasteiger partial charge in [-0.05, 0) is 42.8 Å². The molecule has 3 aromatic rings. The quantitative estimate of drug-likeness (QED) is 0.137. The number of carbonyl (C=O) groups is 4. The van der Waals surface area contributed by atoms with Gasteiger partial charge in [-0.2, -0.15) is 0 Å². The number of urea groups is 1. The zero-order valence-electron chi connectivity index (χ0n) is 20.8. The van der Waals surface area contributed by atoms with Crippen LogP contribution in [0.4, 0.5) is 16.2 Å². The predicted molar refractivity (Wildman–Crippen MR) is 136 cm³/mol. The summed E-state index contributed by atoms with van der Waals surface area (Å²) in [6.45, 7) is 1.13. The standard InChI is InChI=1S/C26H22N4O9/c1-15-5-3-4-6-19(15)27-23(31)14-38-21-9-7-17(30(35)36)11-16(21)12-20-24(32)29(26(34)28-20)13-18-8-10-22(39-18)25(33)37-2/h3-12H,13-14H2,1-2H3,(H,27,31)(H,28,34)/b20-12-. The van der Waals surface area contributed by atoms with Crippen LogP contribution in [0.25, 0.3) is 6.08 Å². The van der Waals surface area contributed by atoms with E-state index in [0.717, 1.165) is 16.5 Å². The van der Waals surface area contributed by atoms with Crippen LogP contribution in [0.1, 0.15) is 27.4 Å². The van der Waals surface area contributed by atoms with E-state index in [1.807, 2.05) is 19.1 Å². The molecule has 1 aliphatic rings. The Bertz CT molecular complexity index is 1510. The molecule has 0 saturated carbocycles. The molecule has 0 aliphatic carbocycles. The molecule has 4 rings (SSSR count). The molecule has 2 aromatic carbocycles. The number of hydrogen-bond acceptors (Lipinski definition) is 9. The zero-order chi connectivity index (χ0) is 28.1. The average Bonchev–Trinajstić information content (AvgIpc) is 3.49. The minimum atomic E-state index is -0.771. The summed E-state index contributed by atoms with van der Waals surface area (Å²) in [6, 6.07) is 12.8. The second kappa shape index (κ2) is 11.3. The fourth-order valence-corrected chi connectivity index (χ4v) is 3.64. The fraction of sp³-hybridized carbons (Fsp3) is 0.154. The Morgan fingerprint density at radius 1 is 1.15 bits per heavy atom. The lowest BCUT2D eigenvalue weighted by atomic mass is 10.1. The third-order valence-electron chi connectivity index (χ3n) is 5.61. The Hall–Kier alpha value is -5.46. The van der Waals surface area contributed by atoms with Crippen LogP contribution in [-0.4, -0.2) is 47.4 Å². The number of benzene rings is 2. The number of hydrogen-bond donors (Lipinski definition) is 2. The number of para-hydroxylation sites is 1. The normalized spacial score (nSPS) is 13.8. The summed E-state index contributed by atoms with van der Waals surface area (Å²) < 4.78 is 15.5. The molecule has 1 aromatic heterocycles. The molecule has 4 amide bonds. The summed E-state index contributed by atoms with van der Waals surface area (Å²) in [4.78, 5) is 61.0. The van der Waals surface area contributed by atoms with Crippen LogP contribution >= 0.6 is 0 Å². The summed E-state index contributed by atoms with van der Waals surface area (Å²) in [6.07, 6.45) is 1.21. The SMILES string of the molecule is COC(=O)c1ccc(CN2C(=O)N/C(=C\c3cc([N+](=O)[O-])ccc3OCC(=O)Nc3ccccc3C)C2=O)o1. The molecular weight excluding hydrogens is 512 g/mol. The summed E-state index contributed by atoms with van der Waals surface area (Å²) in [5.41, 5.74) is 1.06. The Morgan fingerprint density at radius 2 is 1.92 bits per heavy atom. The summed E-state index contributed by atoms with van der Waals surface area (Å²) in [5, 5.41) is 16.5. The lowest BCUT2D eigenvalue weighted by Crippen LogP contribution is -2.30. The monoisotopic (exact) mass is 534 g/mol. The number of non-ortho nitro benzene ring substituents is 1. The van der Waals surface area contributed by atoms with Crippen LogP contribution < -0.4 is 15.4 Å². The summed E-state index contributed by atoms with van der Waals surface area (Å²) >= 11 is 0. The number of nitrogens with zero attached hydrogens (tertiary/aromatic N) is 2. The van der Waals surface area contributed by atoms with Crippen molar-refractivity contribution < 1.29 is 38.0 Å². The number of nitro groups is 1. The van der Waals surface area contributed by atoms with Crippen LogP contribution in [0.2, 0.25) is 0 Å². The minimum Gasteiger partial charge on any atom is -0.483 e. The maximum atomic E-state index is 13.0. The Kier molecular flexibility index (Phi) is 7.70. The molecule has 2 N–H and O–H groups in total. The lowest BCUT2D eigenvalue weighted by Gasteiger charge is -2.11. The van der Waals surface area contributed by atoms with Gasteiger partial charge in [-0.3, -0.25) is 24.6 Å². The first-order valence-corrected chi connectivity index (χ1v) is 11.4. The molecule has 1 saturated heterocycles. The van der Waals surface area contributed by atoms with E-state index in [1.54, 1.807) is 12.1 Å². The first kappa shape index (κ1) is 26.6. The third kappa shape index (κ3) is 6.10. The number of carbonyl (C=O) groups excluding carboxylic acids is 4. The fourth-order valence-electron chi connectivity index (χ4n) is 3.64. The first-order valence-electron chi connectivity index (χ1n) is 11.4. The van der Waals surface area contributed by atoms with Crippen molar-refractivity contribution in [3.8, 4) is 5.75 Å². The van der Waals surface area contributed by atoms with Gasteiger partial charge >= 0.3 is 12.0 Å². The third-order valence-corrected chi connectivity index (χ3v) is 5.61. The van der Waals surface area contributed by atoms with Crippen molar-refractivity contribution in [2.45, 2.75) is 13.5 Å². The molecule has 13 nitrogen and oxygen atoms in total. The van der Waals surface area contributed by atoms with E-state index < -0.39 is 35.3 Å². The second-order valence-electron chi connectivity index (χ2n) is 8.27. The van der Waals surface area contributed by atoms with Gasteiger partial charge in [0.15, 0.2) is 6.61 Å². The van der Waals surface area contributed by atoms with Crippen molar-refractivity contribution in [2.24, 2.45) is 0 Å². The number of rotatable bonds is 9. The maximum Gasteiger partial charge on any atom is 0.373 e. The molecular formula is C26H22N4O9. The summed E-state index contributed by atoms with van der Waals surface area (Å²) in [5.74, 6) is -1.81. The van der Waals surface area contributed by atoms with E-state index in [0.29, 0.717) is 5.69 Å². The number of furan rings is 1. The van der Waals surface area contributed by atoms with Gasteiger partial charge in [0.25, 0.3) is 17.5 Å². The van der Waals surface area contributed by atoms with E-state index in [2.05, 4.69) is 15.4 Å². The topological polar surface area (TPSA) is 170 Å². The van der Waals surface area contributed by atoms with E-state index in [9.17, 15) is 29.3 Å². The molecule has 0 spiro atoms. The van der Waals surface area contributed by atoms with Crippen LogP contribution in [0.5, 0.6) is 5.75 Å².